The van der Waals surface area contributed by atoms with Gasteiger partial charge in [-0.05, 0) is 36.4 Å². The van der Waals surface area contributed by atoms with Crippen LogP contribution in [0.15, 0.2) is 80.6 Å². The summed E-state index contributed by atoms with van der Waals surface area (Å²) in [6.07, 6.45) is 0.526. The van der Waals surface area contributed by atoms with Crippen LogP contribution in [0.25, 0.3) is 11.3 Å². The summed E-state index contributed by atoms with van der Waals surface area (Å²) >= 11 is 4.91. The van der Waals surface area contributed by atoms with Crippen molar-refractivity contribution in [2.45, 2.75) is 11.7 Å². The number of para-hydroxylation sites is 1. The Labute approximate surface area is 163 Å². The molecule has 0 bridgehead atoms. The monoisotopic (exact) mass is 426 g/mol. The van der Waals surface area contributed by atoms with Crippen LogP contribution >= 0.6 is 27.7 Å². The highest BCUT2D eigenvalue weighted by Gasteiger charge is 2.31. The predicted molar refractivity (Wildman–Crippen MR) is 109 cm³/mol. The summed E-state index contributed by atoms with van der Waals surface area (Å²) in [5.41, 5.74) is 1.83. The van der Waals surface area contributed by atoms with Crippen molar-refractivity contribution in [2.75, 3.05) is 0 Å². The molecule has 1 unspecified atom stereocenters. The molecular weight excluding hydrogens is 412 g/mol. The SMILES string of the molecule is O=C1NC(=Nc2ccccc2)SC1Cc1ccc(-c2cccc(Br)c2)o1. The predicted octanol–water partition coefficient (Wildman–Crippen LogP) is 5.17. The van der Waals surface area contributed by atoms with E-state index in [2.05, 4.69) is 26.2 Å². The second-order valence-electron chi connectivity index (χ2n) is 5.83. The van der Waals surface area contributed by atoms with Gasteiger partial charge >= 0.3 is 0 Å². The largest absolute Gasteiger partial charge is 0.461 e. The van der Waals surface area contributed by atoms with Crippen LogP contribution in [0.3, 0.4) is 0 Å². The maximum absolute atomic E-state index is 12.2. The van der Waals surface area contributed by atoms with Gasteiger partial charge in [0.15, 0.2) is 5.17 Å². The van der Waals surface area contributed by atoms with E-state index in [0.717, 1.165) is 27.2 Å². The van der Waals surface area contributed by atoms with Gasteiger partial charge in [0.2, 0.25) is 5.91 Å². The van der Waals surface area contributed by atoms with Gasteiger partial charge in [-0.3, -0.25) is 4.79 Å². The molecule has 1 saturated heterocycles. The average molecular weight is 427 g/mol. The molecule has 0 radical (unpaired) electrons. The first kappa shape index (κ1) is 17.1. The van der Waals surface area contributed by atoms with Gasteiger partial charge in [-0.15, -0.1) is 0 Å². The second-order valence-corrected chi connectivity index (χ2v) is 7.94. The number of benzene rings is 2. The minimum absolute atomic E-state index is 0.0370. The van der Waals surface area contributed by atoms with Gasteiger partial charge in [-0.25, -0.2) is 4.99 Å². The summed E-state index contributed by atoms with van der Waals surface area (Å²) in [5, 5.41) is 3.24. The number of nitrogens with zero attached hydrogens (tertiary/aromatic N) is 1. The van der Waals surface area contributed by atoms with E-state index in [4.69, 9.17) is 4.42 Å². The molecule has 1 aromatic heterocycles. The van der Waals surface area contributed by atoms with E-state index in [9.17, 15) is 4.79 Å². The molecule has 1 aliphatic heterocycles. The fourth-order valence-electron chi connectivity index (χ4n) is 2.68. The van der Waals surface area contributed by atoms with Crippen molar-refractivity contribution in [1.82, 2.24) is 5.32 Å². The number of carbonyl (C=O) groups is 1. The number of amidine groups is 1. The van der Waals surface area contributed by atoms with Gasteiger partial charge in [0.25, 0.3) is 0 Å². The average Bonchev–Trinajstić information content (AvgIpc) is 3.23. The fourth-order valence-corrected chi connectivity index (χ4v) is 4.08. The minimum atomic E-state index is -0.237. The van der Waals surface area contributed by atoms with Crippen molar-refractivity contribution in [3.8, 4) is 11.3 Å². The maximum Gasteiger partial charge on any atom is 0.239 e. The number of hydrogen-bond donors (Lipinski definition) is 1. The molecule has 3 aromatic rings. The minimum Gasteiger partial charge on any atom is -0.461 e. The molecule has 6 heteroatoms. The Morgan fingerprint density at radius 3 is 2.73 bits per heavy atom. The topological polar surface area (TPSA) is 54.6 Å². The summed E-state index contributed by atoms with van der Waals surface area (Å²) in [7, 11) is 0. The molecule has 0 aliphatic carbocycles. The Hall–Kier alpha value is -2.31. The Morgan fingerprint density at radius 1 is 1.08 bits per heavy atom. The number of halogens is 1. The zero-order valence-corrected chi connectivity index (χ0v) is 16.1. The van der Waals surface area contributed by atoms with E-state index in [-0.39, 0.29) is 11.2 Å². The van der Waals surface area contributed by atoms with E-state index in [1.54, 1.807) is 0 Å². The number of nitrogens with one attached hydrogen (secondary N) is 1. The molecule has 1 fully saturated rings. The zero-order valence-electron chi connectivity index (χ0n) is 13.7. The van der Waals surface area contributed by atoms with Crippen molar-refractivity contribution < 1.29 is 9.21 Å². The van der Waals surface area contributed by atoms with Crippen molar-refractivity contribution in [3.63, 3.8) is 0 Å². The highest BCUT2D eigenvalue weighted by Crippen LogP contribution is 2.29. The van der Waals surface area contributed by atoms with Crippen LogP contribution < -0.4 is 5.32 Å². The summed E-state index contributed by atoms with van der Waals surface area (Å²) in [6, 6.07) is 21.4. The lowest BCUT2D eigenvalue weighted by molar-refractivity contribution is -0.118. The summed E-state index contributed by atoms with van der Waals surface area (Å²) in [5.74, 6) is 1.54. The Bertz CT molecular complexity index is 969. The summed E-state index contributed by atoms with van der Waals surface area (Å²) in [6.45, 7) is 0. The van der Waals surface area contributed by atoms with Crippen LogP contribution in [0.4, 0.5) is 5.69 Å². The number of carbonyl (C=O) groups excluding carboxylic acids is 1. The van der Waals surface area contributed by atoms with Gasteiger partial charge in [-0.2, -0.15) is 0 Å². The smallest absolute Gasteiger partial charge is 0.239 e. The first-order valence-corrected chi connectivity index (χ1v) is 9.80. The zero-order chi connectivity index (χ0) is 17.9. The normalized spacial score (nSPS) is 18.3. The van der Waals surface area contributed by atoms with E-state index in [1.807, 2.05) is 66.7 Å². The molecule has 26 heavy (non-hydrogen) atoms. The van der Waals surface area contributed by atoms with Gasteiger partial charge in [0, 0.05) is 16.5 Å². The quantitative estimate of drug-likeness (QED) is 0.625. The Morgan fingerprint density at radius 2 is 1.92 bits per heavy atom. The van der Waals surface area contributed by atoms with E-state index >= 15 is 0 Å². The maximum atomic E-state index is 12.2. The molecule has 1 amide bonds. The molecular formula is C20H15BrN2O2S. The van der Waals surface area contributed by atoms with E-state index < -0.39 is 0 Å². The standard InChI is InChI=1S/C20H15BrN2O2S/c21-14-6-4-5-13(11-14)17-10-9-16(25-17)12-18-19(24)23-20(26-18)22-15-7-2-1-3-8-15/h1-11,18H,12H2,(H,22,23,24). The van der Waals surface area contributed by atoms with Crippen LogP contribution in [0, 0.1) is 0 Å². The van der Waals surface area contributed by atoms with Crippen LogP contribution in [-0.4, -0.2) is 16.3 Å². The van der Waals surface area contributed by atoms with Crippen molar-refractivity contribution in [3.05, 3.63) is 77.0 Å². The van der Waals surface area contributed by atoms with E-state index in [1.165, 1.54) is 11.8 Å². The molecule has 2 heterocycles. The molecule has 1 N–H and O–H groups in total. The number of amides is 1. The third kappa shape index (κ3) is 3.92. The fraction of sp³-hybridized carbons (Fsp3) is 0.100. The van der Waals surface area contributed by atoms with Crippen molar-refractivity contribution >= 4 is 44.5 Å². The molecule has 0 saturated carbocycles. The van der Waals surface area contributed by atoms with Crippen molar-refractivity contribution in [1.29, 1.82) is 0 Å². The number of thioether (sulfide) groups is 1. The number of rotatable bonds is 4. The molecule has 1 atom stereocenters. The van der Waals surface area contributed by atoms with Crippen LogP contribution in [0.5, 0.6) is 0 Å². The third-order valence-corrected chi connectivity index (χ3v) is 5.50. The first-order chi connectivity index (χ1) is 12.7. The lowest BCUT2D eigenvalue weighted by Crippen LogP contribution is -2.25. The highest BCUT2D eigenvalue weighted by atomic mass is 79.9. The number of furan rings is 1. The van der Waals surface area contributed by atoms with Crippen LogP contribution in [0.1, 0.15) is 5.76 Å². The summed E-state index contributed by atoms with van der Waals surface area (Å²) < 4.78 is 6.93. The van der Waals surface area contributed by atoms with Gasteiger partial charge in [-0.1, -0.05) is 58.0 Å². The highest BCUT2D eigenvalue weighted by molar-refractivity contribution is 9.10. The van der Waals surface area contributed by atoms with Gasteiger partial charge < -0.3 is 9.73 Å². The van der Waals surface area contributed by atoms with Crippen LogP contribution in [0.2, 0.25) is 0 Å². The second kappa shape index (κ2) is 7.51. The first-order valence-electron chi connectivity index (χ1n) is 8.13. The molecule has 2 aromatic carbocycles. The van der Waals surface area contributed by atoms with Gasteiger partial charge in [0.1, 0.15) is 11.5 Å². The molecule has 130 valence electrons. The van der Waals surface area contributed by atoms with E-state index in [0.29, 0.717) is 11.6 Å². The molecule has 4 nitrogen and oxygen atoms in total. The molecule has 0 spiro atoms. The summed E-state index contributed by atoms with van der Waals surface area (Å²) in [4.78, 5) is 16.7. The van der Waals surface area contributed by atoms with Gasteiger partial charge in [0.05, 0.1) is 10.9 Å². The lowest BCUT2D eigenvalue weighted by atomic mass is 10.2. The Balaban J connectivity index is 1.46. The number of hydrogen-bond acceptors (Lipinski definition) is 4. The third-order valence-electron chi connectivity index (χ3n) is 3.92. The molecule has 1 aliphatic rings. The molecule has 4 rings (SSSR count). The Kier molecular flexibility index (Phi) is 4.95. The lowest BCUT2D eigenvalue weighted by Gasteiger charge is -2.02. The van der Waals surface area contributed by atoms with Crippen LogP contribution in [-0.2, 0) is 11.2 Å². The number of aliphatic imine (C=N–C) groups is 1. The van der Waals surface area contributed by atoms with Crippen molar-refractivity contribution in [2.24, 2.45) is 4.99 Å².